The van der Waals surface area contributed by atoms with Crippen molar-refractivity contribution in [2.75, 3.05) is 5.75 Å². The summed E-state index contributed by atoms with van der Waals surface area (Å²) in [6, 6.07) is 2.53. The van der Waals surface area contributed by atoms with E-state index in [1.54, 1.807) is 0 Å². The van der Waals surface area contributed by atoms with Crippen LogP contribution in [0.2, 0.25) is 0 Å². The molecule has 15 heavy (non-hydrogen) atoms. The van der Waals surface area contributed by atoms with E-state index in [1.165, 1.54) is 16.8 Å². The average Bonchev–Trinajstić information content (AvgIpc) is 2.18. The highest BCUT2D eigenvalue weighted by Gasteiger charge is 2.13. The van der Waals surface area contributed by atoms with Crippen LogP contribution < -0.4 is 11.1 Å². The van der Waals surface area contributed by atoms with Crippen LogP contribution >= 0.6 is 12.6 Å². The summed E-state index contributed by atoms with van der Waals surface area (Å²) in [7, 11) is 0. The van der Waals surface area contributed by atoms with Crippen LogP contribution in [0, 0.1) is 11.8 Å². The van der Waals surface area contributed by atoms with E-state index in [0.29, 0.717) is 18.2 Å². The summed E-state index contributed by atoms with van der Waals surface area (Å²) in [5, 5.41) is 2.51. The van der Waals surface area contributed by atoms with Crippen molar-refractivity contribution in [3.8, 4) is 0 Å². The molecule has 0 radical (unpaired) electrons. The van der Waals surface area contributed by atoms with E-state index in [-0.39, 0.29) is 17.0 Å². The lowest BCUT2D eigenvalue weighted by atomic mass is 9.98. The molecule has 1 aromatic rings. The molecule has 0 saturated heterocycles. The predicted molar refractivity (Wildman–Crippen MR) is 63.5 cm³/mol. The van der Waals surface area contributed by atoms with Crippen LogP contribution in [0.15, 0.2) is 21.7 Å². The summed E-state index contributed by atoms with van der Waals surface area (Å²) in [6.07, 6.45) is 0. The van der Waals surface area contributed by atoms with Gasteiger partial charge in [-0.2, -0.15) is 12.6 Å². The Labute approximate surface area is 93.7 Å². The number of aromatic amines is 1. The van der Waals surface area contributed by atoms with Crippen LogP contribution in [0.1, 0.15) is 13.8 Å². The first-order valence-corrected chi connectivity index (χ1v) is 5.59. The second-order valence-corrected chi connectivity index (χ2v) is 4.31. The quantitative estimate of drug-likeness (QED) is 0.747. The van der Waals surface area contributed by atoms with Gasteiger partial charge in [0.25, 0.3) is 11.1 Å². The van der Waals surface area contributed by atoms with Gasteiger partial charge < -0.3 is 0 Å². The molecule has 1 rings (SSSR count). The first kappa shape index (κ1) is 12.1. The molecule has 1 unspecified atom stereocenters. The molecule has 0 bridgehead atoms. The van der Waals surface area contributed by atoms with Crippen LogP contribution in [0.4, 0.5) is 0 Å². The minimum atomic E-state index is -0.253. The third-order valence-corrected chi connectivity index (χ3v) is 2.95. The van der Waals surface area contributed by atoms with Gasteiger partial charge in [-0.25, -0.2) is 4.68 Å². The molecule has 0 spiro atoms. The normalized spacial score (nSPS) is 13.1. The Bertz CT molecular complexity index is 422. The molecule has 1 atom stereocenters. The van der Waals surface area contributed by atoms with E-state index >= 15 is 0 Å². The molecule has 1 aromatic heterocycles. The number of thiol groups is 1. The third kappa shape index (κ3) is 3.27. The van der Waals surface area contributed by atoms with Gasteiger partial charge in [0, 0.05) is 18.7 Å². The molecule has 0 fully saturated rings. The molecule has 0 aromatic carbocycles. The topological polar surface area (TPSA) is 54.9 Å². The molecule has 0 aliphatic carbocycles. The van der Waals surface area contributed by atoms with Crippen molar-refractivity contribution < 1.29 is 0 Å². The molecule has 1 heterocycles. The highest BCUT2D eigenvalue weighted by Crippen LogP contribution is 2.13. The molecular formula is C10H16N2O2S. The minimum absolute atomic E-state index is 0.179. The number of nitrogens with zero attached hydrogens (tertiary/aromatic N) is 1. The molecule has 0 amide bonds. The summed E-state index contributed by atoms with van der Waals surface area (Å²) in [5.74, 6) is 1.41. The fourth-order valence-electron chi connectivity index (χ4n) is 1.31. The standard InChI is InChI=1S/C10H16N2O2S/c1-7(2)8(6-15)5-12-10(14)4-3-9(13)11-12/h3-4,7-8,15H,5-6H2,1-2H3,(H,11,13). The molecule has 0 aliphatic rings. The predicted octanol–water partition coefficient (Wildman–Crippen LogP) is 0.739. The van der Waals surface area contributed by atoms with E-state index in [9.17, 15) is 9.59 Å². The highest BCUT2D eigenvalue weighted by atomic mass is 32.1. The largest absolute Gasteiger partial charge is 0.268 e. The summed E-state index contributed by atoms with van der Waals surface area (Å²) in [6.45, 7) is 4.66. The van der Waals surface area contributed by atoms with Crippen molar-refractivity contribution >= 4 is 12.6 Å². The van der Waals surface area contributed by atoms with E-state index < -0.39 is 0 Å². The molecule has 5 heteroatoms. The Hall–Kier alpha value is -0.970. The van der Waals surface area contributed by atoms with Gasteiger partial charge in [0.1, 0.15) is 0 Å². The molecule has 4 nitrogen and oxygen atoms in total. The molecule has 1 N–H and O–H groups in total. The van der Waals surface area contributed by atoms with Gasteiger partial charge in [-0.05, 0) is 17.6 Å². The maximum absolute atomic E-state index is 11.4. The van der Waals surface area contributed by atoms with Gasteiger partial charge in [0.2, 0.25) is 0 Å². The van der Waals surface area contributed by atoms with Gasteiger partial charge in [-0.15, -0.1) is 0 Å². The van der Waals surface area contributed by atoms with E-state index in [0.717, 1.165) is 0 Å². The fourth-order valence-corrected chi connectivity index (χ4v) is 1.85. The van der Waals surface area contributed by atoms with E-state index in [4.69, 9.17) is 0 Å². The molecule has 0 saturated carbocycles. The number of H-pyrrole nitrogens is 1. The SMILES string of the molecule is CC(C)C(CS)Cn1[nH]c(=O)ccc1=O. The molecule has 84 valence electrons. The van der Waals surface area contributed by atoms with Crippen molar-refractivity contribution in [3.63, 3.8) is 0 Å². The zero-order chi connectivity index (χ0) is 11.4. The van der Waals surface area contributed by atoms with Gasteiger partial charge in [0.15, 0.2) is 0 Å². The maximum atomic E-state index is 11.4. The number of nitrogens with one attached hydrogen (secondary N) is 1. The van der Waals surface area contributed by atoms with Crippen molar-refractivity contribution in [2.45, 2.75) is 20.4 Å². The molecular weight excluding hydrogens is 212 g/mol. The summed E-state index contributed by atoms with van der Waals surface area (Å²) in [4.78, 5) is 22.5. The van der Waals surface area contributed by atoms with Crippen LogP contribution in [0.3, 0.4) is 0 Å². The maximum Gasteiger partial charge on any atom is 0.265 e. The first-order valence-electron chi connectivity index (χ1n) is 4.95. The van der Waals surface area contributed by atoms with Crippen molar-refractivity contribution in [2.24, 2.45) is 11.8 Å². The summed E-state index contributed by atoms with van der Waals surface area (Å²) in [5.41, 5.74) is -0.432. The smallest absolute Gasteiger partial charge is 0.265 e. The number of hydrogen-bond donors (Lipinski definition) is 2. The lowest BCUT2D eigenvalue weighted by Crippen LogP contribution is -2.32. The second-order valence-electron chi connectivity index (χ2n) is 3.94. The number of aromatic nitrogens is 2. The Morgan fingerprint density at radius 3 is 2.60 bits per heavy atom. The summed E-state index contributed by atoms with van der Waals surface area (Å²) >= 11 is 4.24. The monoisotopic (exact) mass is 228 g/mol. The van der Waals surface area contributed by atoms with Gasteiger partial charge in [-0.1, -0.05) is 13.8 Å². The zero-order valence-electron chi connectivity index (χ0n) is 8.93. The van der Waals surface area contributed by atoms with Crippen molar-refractivity contribution in [1.82, 2.24) is 9.78 Å². The Kier molecular flexibility index (Phi) is 4.20. The van der Waals surface area contributed by atoms with Crippen molar-refractivity contribution in [1.29, 1.82) is 0 Å². The average molecular weight is 228 g/mol. The third-order valence-electron chi connectivity index (χ3n) is 2.48. The van der Waals surface area contributed by atoms with Crippen LogP contribution in [-0.4, -0.2) is 15.5 Å². The van der Waals surface area contributed by atoms with Crippen LogP contribution in [0.25, 0.3) is 0 Å². The van der Waals surface area contributed by atoms with Gasteiger partial charge >= 0.3 is 0 Å². The highest BCUT2D eigenvalue weighted by molar-refractivity contribution is 7.80. The van der Waals surface area contributed by atoms with Crippen LogP contribution in [-0.2, 0) is 6.54 Å². The first-order chi connectivity index (χ1) is 7.04. The zero-order valence-corrected chi connectivity index (χ0v) is 9.83. The number of rotatable bonds is 4. The minimum Gasteiger partial charge on any atom is -0.268 e. The van der Waals surface area contributed by atoms with Crippen LogP contribution in [0.5, 0.6) is 0 Å². The van der Waals surface area contributed by atoms with Crippen molar-refractivity contribution in [3.05, 3.63) is 32.8 Å². The molecule has 0 aliphatic heterocycles. The second kappa shape index (κ2) is 5.21. The van der Waals surface area contributed by atoms with E-state index in [2.05, 4.69) is 31.6 Å². The lowest BCUT2D eigenvalue weighted by molar-refractivity contribution is 0.346. The lowest BCUT2D eigenvalue weighted by Gasteiger charge is -2.18. The Morgan fingerprint density at radius 2 is 2.07 bits per heavy atom. The fraction of sp³-hybridized carbons (Fsp3) is 0.600. The number of hydrogen-bond acceptors (Lipinski definition) is 3. The Balaban J connectivity index is 2.92. The summed E-state index contributed by atoms with van der Waals surface area (Å²) < 4.78 is 1.35. The van der Waals surface area contributed by atoms with Gasteiger partial charge in [-0.3, -0.25) is 14.7 Å². The van der Waals surface area contributed by atoms with Gasteiger partial charge in [0.05, 0.1) is 0 Å². The van der Waals surface area contributed by atoms with E-state index in [1.807, 2.05) is 0 Å². The Morgan fingerprint density at radius 1 is 1.40 bits per heavy atom.